The molecule has 7 heteroatoms. The van der Waals surface area contributed by atoms with E-state index in [2.05, 4.69) is 15.7 Å². The van der Waals surface area contributed by atoms with Crippen LogP contribution in [0.4, 0.5) is 10.5 Å². The highest BCUT2D eigenvalue weighted by atomic mass is 16.2. The van der Waals surface area contributed by atoms with Crippen molar-refractivity contribution in [1.82, 2.24) is 20.0 Å². The number of amides is 3. The van der Waals surface area contributed by atoms with Gasteiger partial charge in [0.15, 0.2) is 0 Å². The summed E-state index contributed by atoms with van der Waals surface area (Å²) in [6.07, 6.45) is 1.59. The molecule has 7 nitrogen and oxygen atoms in total. The number of hydrogen-bond donors (Lipinski definition) is 2. The quantitative estimate of drug-likeness (QED) is 0.640. The third kappa shape index (κ3) is 4.82. The molecule has 0 bridgehead atoms. The molecule has 3 aromatic rings. The number of likely N-dealkylation sites (tertiary alicyclic amines) is 1. The van der Waals surface area contributed by atoms with Crippen LogP contribution in [0, 0.1) is 19.8 Å². The molecule has 0 spiro atoms. The maximum absolute atomic E-state index is 12.9. The van der Waals surface area contributed by atoms with Crippen LogP contribution < -0.4 is 10.6 Å². The molecule has 0 aliphatic carbocycles. The van der Waals surface area contributed by atoms with Gasteiger partial charge in [0.05, 0.1) is 17.3 Å². The molecule has 2 heterocycles. The van der Waals surface area contributed by atoms with Crippen molar-refractivity contribution in [2.24, 2.45) is 5.92 Å². The van der Waals surface area contributed by atoms with Gasteiger partial charge in [0.1, 0.15) is 0 Å². The van der Waals surface area contributed by atoms with Crippen LogP contribution in [0.1, 0.15) is 29.8 Å². The van der Waals surface area contributed by atoms with E-state index < -0.39 is 0 Å². The summed E-state index contributed by atoms with van der Waals surface area (Å²) in [5.41, 5.74) is 4.70. The number of benzene rings is 2. The number of hydrogen-bond acceptors (Lipinski definition) is 3. The van der Waals surface area contributed by atoms with Crippen LogP contribution >= 0.6 is 0 Å². The number of carbonyl (C=O) groups is 2. The van der Waals surface area contributed by atoms with Crippen LogP contribution in [0.5, 0.6) is 0 Å². The zero-order valence-electron chi connectivity index (χ0n) is 18.5. The van der Waals surface area contributed by atoms with Crippen molar-refractivity contribution in [1.29, 1.82) is 0 Å². The van der Waals surface area contributed by atoms with Crippen LogP contribution in [0.2, 0.25) is 0 Å². The Morgan fingerprint density at radius 3 is 2.44 bits per heavy atom. The van der Waals surface area contributed by atoms with Crippen molar-refractivity contribution in [3.63, 3.8) is 0 Å². The molecular weight excluding hydrogens is 402 g/mol. The van der Waals surface area contributed by atoms with Gasteiger partial charge < -0.3 is 15.5 Å². The number of anilines is 1. The average Bonchev–Trinajstić information content (AvgIpc) is 3.12. The Bertz CT molecular complexity index is 1080. The third-order valence-corrected chi connectivity index (χ3v) is 5.99. The summed E-state index contributed by atoms with van der Waals surface area (Å²) in [6, 6.07) is 19.2. The first-order valence-corrected chi connectivity index (χ1v) is 11.0. The lowest BCUT2D eigenvalue weighted by atomic mass is 9.97. The molecule has 1 aromatic heterocycles. The standard InChI is InChI=1S/C25H29N5O2/c1-18-23(19(2)30(28-18)22-13-7-4-8-14-22)16-26-24(31)20-10-9-15-29(17-20)25(32)27-21-11-5-3-6-12-21/h3-8,11-14,20H,9-10,15-17H2,1-2H3,(H,26,31)(H,27,32)/t20-/m0/s1. The second kappa shape index (κ2) is 9.68. The van der Waals surface area contributed by atoms with E-state index in [4.69, 9.17) is 0 Å². The Kier molecular flexibility index (Phi) is 6.54. The van der Waals surface area contributed by atoms with E-state index in [1.807, 2.05) is 79.2 Å². The Labute approximate surface area is 188 Å². The first-order valence-electron chi connectivity index (χ1n) is 11.0. The Morgan fingerprint density at radius 1 is 1.03 bits per heavy atom. The number of rotatable bonds is 5. The topological polar surface area (TPSA) is 79.3 Å². The van der Waals surface area contributed by atoms with Crippen molar-refractivity contribution in [3.8, 4) is 5.69 Å². The number of nitrogens with one attached hydrogen (secondary N) is 2. The molecule has 1 saturated heterocycles. The van der Waals surface area contributed by atoms with E-state index in [1.165, 1.54) is 0 Å². The summed E-state index contributed by atoms with van der Waals surface area (Å²) >= 11 is 0. The Morgan fingerprint density at radius 2 is 1.72 bits per heavy atom. The molecule has 1 aliphatic heterocycles. The Balaban J connectivity index is 1.36. The average molecular weight is 432 g/mol. The number of para-hydroxylation sites is 2. The lowest BCUT2D eigenvalue weighted by Crippen LogP contribution is -2.46. The zero-order valence-corrected chi connectivity index (χ0v) is 18.5. The van der Waals surface area contributed by atoms with Crippen LogP contribution in [0.15, 0.2) is 60.7 Å². The smallest absolute Gasteiger partial charge is 0.321 e. The predicted octanol–water partition coefficient (Wildman–Crippen LogP) is 4.05. The number of nitrogens with zero attached hydrogens (tertiary/aromatic N) is 3. The van der Waals surface area contributed by atoms with Crippen molar-refractivity contribution in [3.05, 3.63) is 77.6 Å². The van der Waals surface area contributed by atoms with E-state index in [1.54, 1.807) is 4.90 Å². The fourth-order valence-electron chi connectivity index (χ4n) is 4.17. The minimum absolute atomic E-state index is 0.0199. The highest BCUT2D eigenvalue weighted by Gasteiger charge is 2.28. The molecule has 1 fully saturated rings. The van der Waals surface area contributed by atoms with E-state index in [0.717, 1.165) is 41.2 Å². The second-order valence-electron chi connectivity index (χ2n) is 8.20. The van der Waals surface area contributed by atoms with Gasteiger partial charge in [-0.15, -0.1) is 0 Å². The molecule has 4 rings (SSSR count). The van der Waals surface area contributed by atoms with E-state index >= 15 is 0 Å². The van der Waals surface area contributed by atoms with E-state index in [-0.39, 0.29) is 17.9 Å². The third-order valence-electron chi connectivity index (χ3n) is 5.99. The number of carbonyl (C=O) groups excluding carboxylic acids is 2. The summed E-state index contributed by atoms with van der Waals surface area (Å²) in [5, 5.41) is 10.6. The Hall–Kier alpha value is -3.61. The summed E-state index contributed by atoms with van der Waals surface area (Å²) < 4.78 is 1.91. The molecule has 32 heavy (non-hydrogen) atoms. The molecule has 2 aromatic carbocycles. The van der Waals surface area contributed by atoms with Gasteiger partial charge in [-0.25, -0.2) is 9.48 Å². The normalized spacial score (nSPS) is 15.9. The van der Waals surface area contributed by atoms with E-state index in [9.17, 15) is 9.59 Å². The summed E-state index contributed by atoms with van der Waals surface area (Å²) in [4.78, 5) is 27.2. The number of piperidine rings is 1. The van der Waals surface area contributed by atoms with Gasteiger partial charge >= 0.3 is 6.03 Å². The minimum atomic E-state index is -0.213. The van der Waals surface area contributed by atoms with Gasteiger partial charge in [0.25, 0.3) is 0 Å². The summed E-state index contributed by atoms with van der Waals surface area (Å²) in [7, 11) is 0. The summed E-state index contributed by atoms with van der Waals surface area (Å²) in [5.74, 6) is -0.233. The van der Waals surface area contributed by atoms with Crippen molar-refractivity contribution >= 4 is 17.6 Å². The van der Waals surface area contributed by atoms with Crippen molar-refractivity contribution in [2.75, 3.05) is 18.4 Å². The lowest BCUT2D eigenvalue weighted by Gasteiger charge is -2.32. The van der Waals surface area contributed by atoms with Gasteiger partial charge in [-0.1, -0.05) is 36.4 Å². The highest BCUT2D eigenvalue weighted by molar-refractivity contribution is 5.90. The molecular formula is C25H29N5O2. The molecule has 0 unspecified atom stereocenters. The second-order valence-corrected chi connectivity index (χ2v) is 8.20. The minimum Gasteiger partial charge on any atom is -0.352 e. The van der Waals surface area contributed by atoms with E-state index in [0.29, 0.717) is 19.6 Å². The van der Waals surface area contributed by atoms with Gasteiger partial charge in [0, 0.05) is 36.6 Å². The van der Waals surface area contributed by atoms with Crippen LogP contribution in [-0.4, -0.2) is 39.7 Å². The highest BCUT2D eigenvalue weighted by Crippen LogP contribution is 2.20. The van der Waals surface area contributed by atoms with Crippen molar-refractivity contribution < 1.29 is 9.59 Å². The maximum atomic E-state index is 12.9. The number of urea groups is 1. The molecule has 166 valence electrons. The zero-order chi connectivity index (χ0) is 22.5. The van der Waals surface area contributed by atoms with Crippen LogP contribution in [0.3, 0.4) is 0 Å². The summed E-state index contributed by atoms with van der Waals surface area (Å²) in [6.45, 7) is 5.49. The first kappa shape index (κ1) is 21.6. The number of aromatic nitrogens is 2. The fraction of sp³-hybridized carbons (Fsp3) is 0.320. The molecule has 0 radical (unpaired) electrons. The monoisotopic (exact) mass is 431 g/mol. The van der Waals surface area contributed by atoms with Crippen LogP contribution in [0.25, 0.3) is 5.69 Å². The molecule has 1 atom stereocenters. The lowest BCUT2D eigenvalue weighted by molar-refractivity contribution is -0.126. The number of aryl methyl sites for hydroxylation is 1. The fourth-order valence-corrected chi connectivity index (χ4v) is 4.17. The first-order chi connectivity index (χ1) is 15.5. The molecule has 2 N–H and O–H groups in total. The van der Waals surface area contributed by atoms with Gasteiger partial charge in [-0.3, -0.25) is 4.79 Å². The predicted molar refractivity (Wildman–Crippen MR) is 125 cm³/mol. The van der Waals surface area contributed by atoms with Crippen molar-refractivity contribution in [2.45, 2.75) is 33.2 Å². The molecule has 1 aliphatic rings. The SMILES string of the molecule is Cc1nn(-c2ccccc2)c(C)c1CNC(=O)[C@H]1CCCN(C(=O)Nc2ccccc2)C1. The van der Waals surface area contributed by atoms with Gasteiger partial charge in [-0.05, 0) is 51.0 Å². The van der Waals surface area contributed by atoms with Gasteiger partial charge in [-0.2, -0.15) is 5.10 Å². The van der Waals surface area contributed by atoms with Crippen LogP contribution in [-0.2, 0) is 11.3 Å². The maximum Gasteiger partial charge on any atom is 0.321 e. The molecule has 0 saturated carbocycles. The molecule has 3 amide bonds. The largest absolute Gasteiger partial charge is 0.352 e. The van der Waals surface area contributed by atoms with Gasteiger partial charge in [0.2, 0.25) is 5.91 Å².